The summed E-state index contributed by atoms with van der Waals surface area (Å²) in [5.41, 5.74) is 1.03. The lowest BCUT2D eigenvalue weighted by Gasteiger charge is -2.30. The van der Waals surface area contributed by atoms with E-state index < -0.39 is 11.9 Å². The Morgan fingerprint density at radius 2 is 1.96 bits per heavy atom. The number of rotatable bonds is 4. The van der Waals surface area contributed by atoms with Crippen LogP contribution in [0.25, 0.3) is 0 Å². The maximum absolute atomic E-state index is 12.4. The van der Waals surface area contributed by atoms with Crippen molar-refractivity contribution in [1.29, 1.82) is 0 Å². The number of aryl methyl sites for hydroxylation is 1. The standard InChI is InChI=1S/C18H23NO5/c20-17(19-8-1-3-14(12-19)18(21)22)7-5-13-4-6-15-16(11-13)24-10-2-9-23-15/h4,6,11,14H,1-3,5,7-10,12H2,(H,21,22)/t14-/m1/s1. The summed E-state index contributed by atoms with van der Waals surface area (Å²) < 4.78 is 11.3. The van der Waals surface area contributed by atoms with Crippen molar-refractivity contribution in [2.75, 3.05) is 26.3 Å². The number of ether oxygens (including phenoxy) is 2. The Labute approximate surface area is 141 Å². The molecular weight excluding hydrogens is 310 g/mol. The van der Waals surface area contributed by atoms with Gasteiger partial charge in [-0.05, 0) is 37.0 Å². The highest BCUT2D eigenvalue weighted by Crippen LogP contribution is 2.30. The highest BCUT2D eigenvalue weighted by molar-refractivity contribution is 5.78. The number of fused-ring (bicyclic) bond motifs is 1. The second-order valence-electron chi connectivity index (χ2n) is 6.35. The number of carbonyl (C=O) groups excluding carboxylic acids is 1. The van der Waals surface area contributed by atoms with E-state index in [1.54, 1.807) is 4.90 Å². The number of hydrogen-bond donors (Lipinski definition) is 1. The molecule has 0 radical (unpaired) electrons. The minimum Gasteiger partial charge on any atom is -0.490 e. The van der Waals surface area contributed by atoms with Crippen molar-refractivity contribution in [2.24, 2.45) is 5.92 Å². The number of carboxylic acid groups (broad SMARTS) is 1. The zero-order chi connectivity index (χ0) is 16.9. The van der Waals surface area contributed by atoms with E-state index in [0.29, 0.717) is 45.6 Å². The maximum atomic E-state index is 12.4. The minimum atomic E-state index is -0.810. The molecule has 6 heteroatoms. The number of hydrogen-bond acceptors (Lipinski definition) is 4. The number of carboxylic acids is 1. The van der Waals surface area contributed by atoms with Crippen LogP contribution in [0.15, 0.2) is 18.2 Å². The van der Waals surface area contributed by atoms with Gasteiger partial charge < -0.3 is 19.5 Å². The third-order valence-electron chi connectivity index (χ3n) is 4.56. The Balaban J connectivity index is 1.56. The van der Waals surface area contributed by atoms with Crippen LogP contribution >= 0.6 is 0 Å². The van der Waals surface area contributed by atoms with E-state index in [-0.39, 0.29) is 5.91 Å². The number of aliphatic carboxylic acids is 1. The lowest BCUT2D eigenvalue weighted by Crippen LogP contribution is -2.42. The lowest BCUT2D eigenvalue weighted by molar-refractivity contribution is -0.145. The SMILES string of the molecule is O=C(O)[C@@H]1CCCN(C(=O)CCc2ccc3c(c2)OCCCO3)C1. The normalized spacial score (nSPS) is 20.3. The molecule has 1 atom stereocenters. The second kappa shape index (κ2) is 7.55. The Morgan fingerprint density at radius 3 is 2.75 bits per heavy atom. The van der Waals surface area contributed by atoms with Gasteiger partial charge in [0.25, 0.3) is 0 Å². The molecule has 0 aliphatic carbocycles. The second-order valence-corrected chi connectivity index (χ2v) is 6.35. The van der Waals surface area contributed by atoms with Gasteiger partial charge in [-0.15, -0.1) is 0 Å². The first-order valence-electron chi connectivity index (χ1n) is 8.52. The molecule has 1 amide bonds. The highest BCUT2D eigenvalue weighted by atomic mass is 16.5. The zero-order valence-corrected chi connectivity index (χ0v) is 13.7. The summed E-state index contributed by atoms with van der Waals surface area (Å²) in [5.74, 6) is 0.272. The summed E-state index contributed by atoms with van der Waals surface area (Å²) in [4.78, 5) is 25.1. The van der Waals surface area contributed by atoms with Gasteiger partial charge in [-0.3, -0.25) is 9.59 Å². The van der Waals surface area contributed by atoms with Crippen LogP contribution < -0.4 is 9.47 Å². The van der Waals surface area contributed by atoms with Crippen LogP contribution in [-0.2, 0) is 16.0 Å². The van der Waals surface area contributed by atoms with Gasteiger partial charge in [0, 0.05) is 25.9 Å². The third kappa shape index (κ3) is 3.99. The number of likely N-dealkylation sites (tertiary alicyclic amines) is 1. The molecule has 24 heavy (non-hydrogen) atoms. The molecule has 3 rings (SSSR count). The fourth-order valence-corrected chi connectivity index (χ4v) is 3.18. The molecule has 2 aliphatic rings. The number of nitrogens with zero attached hydrogens (tertiary/aromatic N) is 1. The quantitative estimate of drug-likeness (QED) is 0.913. The van der Waals surface area contributed by atoms with E-state index in [9.17, 15) is 9.59 Å². The number of benzene rings is 1. The van der Waals surface area contributed by atoms with Crippen LogP contribution in [-0.4, -0.2) is 48.2 Å². The Hall–Kier alpha value is -2.24. The summed E-state index contributed by atoms with van der Waals surface area (Å²) in [7, 11) is 0. The minimum absolute atomic E-state index is 0.0214. The summed E-state index contributed by atoms with van der Waals surface area (Å²) in [6.07, 6.45) is 3.27. The van der Waals surface area contributed by atoms with E-state index in [1.165, 1.54) is 0 Å². The molecular formula is C18H23NO5. The van der Waals surface area contributed by atoms with Gasteiger partial charge in [0.1, 0.15) is 0 Å². The predicted molar refractivity (Wildman–Crippen MR) is 87.3 cm³/mol. The molecule has 1 aromatic rings. The summed E-state index contributed by atoms with van der Waals surface area (Å²) in [6.45, 7) is 2.28. The largest absolute Gasteiger partial charge is 0.490 e. The van der Waals surface area contributed by atoms with Gasteiger partial charge >= 0.3 is 5.97 Å². The van der Waals surface area contributed by atoms with Crippen molar-refractivity contribution in [1.82, 2.24) is 4.90 Å². The van der Waals surface area contributed by atoms with Gasteiger partial charge in [-0.1, -0.05) is 6.07 Å². The van der Waals surface area contributed by atoms with Crippen molar-refractivity contribution in [3.63, 3.8) is 0 Å². The van der Waals surface area contributed by atoms with Gasteiger partial charge in [-0.25, -0.2) is 0 Å². The topological polar surface area (TPSA) is 76.1 Å². The lowest BCUT2D eigenvalue weighted by atomic mass is 9.97. The van der Waals surface area contributed by atoms with Crippen LogP contribution in [0.3, 0.4) is 0 Å². The molecule has 0 bridgehead atoms. The van der Waals surface area contributed by atoms with E-state index in [2.05, 4.69) is 0 Å². The molecule has 130 valence electrons. The van der Waals surface area contributed by atoms with Crippen molar-refractivity contribution in [3.8, 4) is 11.5 Å². The summed E-state index contributed by atoms with van der Waals surface area (Å²) in [6, 6.07) is 5.78. The molecule has 1 saturated heterocycles. The number of carbonyl (C=O) groups is 2. The third-order valence-corrected chi connectivity index (χ3v) is 4.56. The van der Waals surface area contributed by atoms with Crippen molar-refractivity contribution in [3.05, 3.63) is 23.8 Å². The fourth-order valence-electron chi connectivity index (χ4n) is 3.18. The molecule has 1 aromatic carbocycles. The van der Waals surface area contributed by atoms with Crippen LogP contribution in [0.4, 0.5) is 0 Å². The van der Waals surface area contributed by atoms with Crippen LogP contribution in [0.2, 0.25) is 0 Å². The summed E-state index contributed by atoms with van der Waals surface area (Å²) in [5, 5.41) is 9.12. The maximum Gasteiger partial charge on any atom is 0.308 e. The number of amides is 1. The van der Waals surface area contributed by atoms with Crippen LogP contribution in [0.5, 0.6) is 11.5 Å². The Kier molecular flexibility index (Phi) is 5.23. The molecule has 2 heterocycles. The van der Waals surface area contributed by atoms with Crippen molar-refractivity contribution < 1.29 is 24.2 Å². The first-order chi connectivity index (χ1) is 11.6. The zero-order valence-electron chi connectivity index (χ0n) is 13.7. The van der Waals surface area contributed by atoms with Gasteiger partial charge in [0.2, 0.25) is 5.91 Å². The monoisotopic (exact) mass is 333 g/mol. The molecule has 1 fully saturated rings. The van der Waals surface area contributed by atoms with Gasteiger partial charge in [0.05, 0.1) is 19.1 Å². The van der Waals surface area contributed by atoms with E-state index in [0.717, 1.165) is 29.9 Å². The molecule has 0 spiro atoms. The summed E-state index contributed by atoms with van der Waals surface area (Å²) >= 11 is 0. The first-order valence-corrected chi connectivity index (χ1v) is 8.52. The van der Waals surface area contributed by atoms with Crippen LogP contribution in [0.1, 0.15) is 31.2 Å². The first kappa shape index (κ1) is 16.6. The van der Waals surface area contributed by atoms with Crippen molar-refractivity contribution >= 4 is 11.9 Å². The van der Waals surface area contributed by atoms with E-state index in [4.69, 9.17) is 14.6 Å². The average Bonchev–Trinajstić information content (AvgIpc) is 2.84. The molecule has 1 N–H and O–H groups in total. The Morgan fingerprint density at radius 1 is 1.17 bits per heavy atom. The molecule has 0 aromatic heterocycles. The predicted octanol–water partition coefficient (Wildman–Crippen LogP) is 2.10. The van der Waals surface area contributed by atoms with Gasteiger partial charge in [-0.2, -0.15) is 0 Å². The van der Waals surface area contributed by atoms with Gasteiger partial charge in [0.15, 0.2) is 11.5 Å². The van der Waals surface area contributed by atoms with E-state index in [1.807, 2.05) is 18.2 Å². The van der Waals surface area contributed by atoms with Crippen LogP contribution in [0, 0.1) is 5.92 Å². The Bertz CT molecular complexity index is 615. The van der Waals surface area contributed by atoms with Crippen molar-refractivity contribution in [2.45, 2.75) is 32.1 Å². The smallest absolute Gasteiger partial charge is 0.308 e. The average molecular weight is 333 g/mol. The molecule has 0 unspecified atom stereocenters. The molecule has 0 saturated carbocycles. The fraction of sp³-hybridized carbons (Fsp3) is 0.556. The molecule has 2 aliphatic heterocycles. The highest BCUT2D eigenvalue weighted by Gasteiger charge is 2.27. The molecule has 6 nitrogen and oxygen atoms in total. The number of piperidine rings is 1. The van der Waals surface area contributed by atoms with E-state index >= 15 is 0 Å².